The standard InChI is InChI=1S/C16H19N5O/c1-4-21-15-14(11(2)20-21)17-10-18-16(15)19-13-7-5-6-12(8-13)9-22-3/h5-8,10H,4,9H2,1-3H3,(H,17,18,19). The van der Waals surface area contributed by atoms with Crippen LogP contribution in [0.2, 0.25) is 0 Å². The molecule has 1 N–H and O–H groups in total. The van der Waals surface area contributed by atoms with Crippen molar-refractivity contribution >= 4 is 22.5 Å². The van der Waals surface area contributed by atoms with E-state index >= 15 is 0 Å². The molecule has 0 aliphatic rings. The van der Waals surface area contributed by atoms with Crippen LogP contribution in [0.3, 0.4) is 0 Å². The summed E-state index contributed by atoms with van der Waals surface area (Å²) in [6.45, 7) is 5.38. The summed E-state index contributed by atoms with van der Waals surface area (Å²) in [7, 11) is 1.69. The first kappa shape index (κ1) is 14.5. The second-order valence-electron chi connectivity index (χ2n) is 5.08. The lowest BCUT2D eigenvalue weighted by atomic mass is 10.2. The van der Waals surface area contributed by atoms with Gasteiger partial charge in [-0.15, -0.1) is 0 Å². The van der Waals surface area contributed by atoms with E-state index in [1.165, 1.54) is 0 Å². The predicted octanol–water partition coefficient (Wildman–Crippen LogP) is 3.04. The summed E-state index contributed by atoms with van der Waals surface area (Å²) in [6.07, 6.45) is 1.57. The monoisotopic (exact) mass is 297 g/mol. The van der Waals surface area contributed by atoms with Gasteiger partial charge in [-0.1, -0.05) is 12.1 Å². The van der Waals surface area contributed by atoms with Crippen molar-refractivity contribution in [1.29, 1.82) is 0 Å². The minimum Gasteiger partial charge on any atom is -0.380 e. The summed E-state index contributed by atoms with van der Waals surface area (Å²) in [6, 6.07) is 8.09. The van der Waals surface area contributed by atoms with Crippen molar-refractivity contribution in [2.45, 2.75) is 27.0 Å². The van der Waals surface area contributed by atoms with E-state index in [-0.39, 0.29) is 0 Å². The summed E-state index contributed by atoms with van der Waals surface area (Å²) in [5.74, 6) is 0.766. The molecule has 3 rings (SSSR count). The van der Waals surface area contributed by atoms with Crippen LogP contribution in [0, 0.1) is 6.92 Å². The first-order valence-corrected chi connectivity index (χ1v) is 7.26. The van der Waals surface area contributed by atoms with E-state index in [2.05, 4.69) is 33.4 Å². The van der Waals surface area contributed by atoms with Crippen LogP contribution in [0.15, 0.2) is 30.6 Å². The number of ether oxygens (including phenoxy) is 1. The molecule has 6 heteroatoms. The molecule has 0 amide bonds. The first-order chi connectivity index (χ1) is 10.7. The second kappa shape index (κ2) is 6.11. The van der Waals surface area contributed by atoms with E-state index in [0.29, 0.717) is 6.61 Å². The van der Waals surface area contributed by atoms with E-state index in [1.54, 1.807) is 13.4 Å². The summed E-state index contributed by atoms with van der Waals surface area (Å²) < 4.78 is 7.10. The van der Waals surface area contributed by atoms with Gasteiger partial charge >= 0.3 is 0 Å². The number of anilines is 2. The molecule has 0 saturated heterocycles. The summed E-state index contributed by atoms with van der Waals surface area (Å²) >= 11 is 0. The molecule has 0 fully saturated rings. The SMILES string of the molecule is CCn1nc(C)c2ncnc(Nc3cccc(COC)c3)c21. The predicted molar refractivity (Wildman–Crippen MR) is 86.2 cm³/mol. The van der Waals surface area contributed by atoms with Crippen LogP contribution >= 0.6 is 0 Å². The second-order valence-corrected chi connectivity index (χ2v) is 5.08. The highest BCUT2D eigenvalue weighted by Gasteiger charge is 2.13. The van der Waals surface area contributed by atoms with Crippen molar-refractivity contribution in [3.63, 3.8) is 0 Å². The van der Waals surface area contributed by atoms with Crippen LogP contribution in [-0.2, 0) is 17.9 Å². The molecule has 0 aliphatic heterocycles. The van der Waals surface area contributed by atoms with Crippen molar-refractivity contribution in [1.82, 2.24) is 19.7 Å². The van der Waals surface area contributed by atoms with Crippen LogP contribution in [-0.4, -0.2) is 26.9 Å². The fraction of sp³-hybridized carbons (Fsp3) is 0.312. The van der Waals surface area contributed by atoms with Crippen molar-refractivity contribution in [2.24, 2.45) is 0 Å². The first-order valence-electron chi connectivity index (χ1n) is 7.26. The number of aromatic nitrogens is 4. The molecule has 0 saturated carbocycles. The fourth-order valence-corrected chi connectivity index (χ4v) is 2.53. The highest BCUT2D eigenvalue weighted by atomic mass is 16.5. The van der Waals surface area contributed by atoms with Gasteiger partial charge in [-0.25, -0.2) is 9.97 Å². The topological polar surface area (TPSA) is 64.9 Å². The number of nitrogens with one attached hydrogen (secondary N) is 1. The molecule has 0 bridgehead atoms. The molecule has 0 spiro atoms. The van der Waals surface area contributed by atoms with Gasteiger partial charge in [-0.3, -0.25) is 4.68 Å². The van der Waals surface area contributed by atoms with Gasteiger partial charge in [-0.05, 0) is 31.5 Å². The highest BCUT2D eigenvalue weighted by molar-refractivity contribution is 5.89. The lowest BCUT2D eigenvalue weighted by molar-refractivity contribution is 0.185. The number of aryl methyl sites for hydroxylation is 2. The third-order valence-corrected chi connectivity index (χ3v) is 3.49. The van der Waals surface area contributed by atoms with Gasteiger partial charge in [0.25, 0.3) is 0 Å². The third-order valence-electron chi connectivity index (χ3n) is 3.49. The molecule has 0 atom stereocenters. The van der Waals surface area contributed by atoms with Crippen molar-refractivity contribution in [3.8, 4) is 0 Å². The van der Waals surface area contributed by atoms with Crippen molar-refractivity contribution in [3.05, 3.63) is 41.9 Å². The van der Waals surface area contributed by atoms with E-state index in [4.69, 9.17) is 4.74 Å². The summed E-state index contributed by atoms with van der Waals surface area (Å²) in [5.41, 5.74) is 4.80. The van der Waals surface area contributed by atoms with Gasteiger partial charge < -0.3 is 10.1 Å². The van der Waals surface area contributed by atoms with Gasteiger partial charge in [0.1, 0.15) is 17.4 Å². The lowest BCUT2D eigenvalue weighted by Gasteiger charge is -2.09. The maximum atomic E-state index is 5.18. The average molecular weight is 297 g/mol. The van der Waals surface area contributed by atoms with Crippen LogP contribution in [0.1, 0.15) is 18.2 Å². The maximum absolute atomic E-state index is 5.18. The molecule has 2 aromatic heterocycles. The Labute approximate surface area is 129 Å². The summed E-state index contributed by atoms with van der Waals surface area (Å²) in [5, 5.41) is 7.88. The smallest absolute Gasteiger partial charge is 0.160 e. The molecule has 114 valence electrons. The molecular formula is C16H19N5O. The van der Waals surface area contributed by atoms with Gasteiger partial charge in [0.05, 0.1) is 12.3 Å². The number of methoxy groups -OCH3 is 1. The van der Waals surface area contributed by atoms with Gasteiger partial charge in [0, 0.05) is 19.3 Å². The highest BCUT2D eigenvalue weighted by Crippen LogP contribution is 2.25. The Morgan fingerprint density at radius 3 is 2.91 bits per heavy atom. The maximum Gasteiger partial charge on any atom is 0.160 e. The largest absolute Gasteiger partial charge is 0.380 e. The Hall–Kier alpha value is -2.47. The molecule has 0 aliphatic carbocycles. The molecule has 1 aromatic carbocycles. The number of nitrogens with zero attached hydrogens (tertiary/aromatic N) is 4. The zero-order chi connectivity index (χ0) is 15.5. The van der Waals surface area contributed by atoms with Crippen LogP contribution < -0.4 is 5.32 Å². The number of benzene rings is 1. The molecule has 3 aromatic rings. The van der Waals surface area contributed by atoms with Gasteiger partial charge in [-0.2, -0.15) is 5.10 Å². The van der Waals surface area contributed by atoms with E-state index in [0.717, 1.165) is 40.3 Å². The Balaban J connectivity index is 2.02. The van der Waals surface area contributed by atoms with E-state index < -0.39 is 0 Å². The number of hydrogen-bond donors (Lipinski definition) is 1. The van der Waals surface area contributed by atoms with Gasteiger partial charge in [0.2, 0.25) is 0 Å². The normalized spacial score (nSPS) is 11.0. The van der Waals surface area contributed by atoms with Crippen LogP contribution in [0.25, 0.3) is 11.0 Å². The Morgan fingerprint density at radius 1 is 1.27 bits per heavy atom. The van der Waals surface area contributed by atoms with E-state index in [1.807, 2.05) is 29.8 Å². The fourth-order valence-electron chi connectivity index (χ4n) is 2.53. The van der Waals surface area contributed by atoms with Gasteiger partial charge in [0.15, 0.2) is 5.82 Å². The Bertz CT molecular complexity index is 796. The molecular weight excluding hydrogens is 278 g/mol. The van der Waals surface area contributed by atoms with Crippen molar-refractivity contribution in [2.75, 3.05) is 12.4 Å². The minimum atomic E-state index is 0.584. The molecule has 0 unspecified atom stereocenters. The summed E-state index contributed by atoms with van der Waals surface area (Å²) in [4.78, 5) is 8.73. The Morgan fingerprint density at radius 2 is 2.14 bits per heavy atom. The zero-order valence-electron chi connectivity index (χ0n) is 13.0. The lowest BCUT2D eigenvalue weighted by Crippen LogP contribution is -2.02. The van der Waals surface area contributed by atoms with Crippen molar-refractivity contribution < 1.29 is 4.74 Å². The molecule has 0 radical (unpaired) electrons. The molecule has 6 nitrogen and oxygen atoms in total. The Kier molecular flexibility index (Phi) is 4.02. The third kappa shape index (κ3) is 2.65. The number of hydrogen-bond acceptors (Lipinski definition) is 5. The minimum absolute atomic E-state index is 0.584. The quantitative estimate of drug-likeness (QED) is 0.784. The average Bonchev–Trinajstić information content (AvgIpc) is 2.86. The molecule has 2 heterocycles. The van der Waals surface area contributed by atoms with Crippen LogP contribution in [0.5, 0.6) is 0 Å². The zero-order valence-corrected chi connectivity index (χ0v) is 13.0. The number of rotatable bonds is 5. The van der Waals surface area contributed by atoms with E-state index in [9.17, 15) is 0 Å². The van der Waals surface area contributed by atoms with Crippen LogP contribution in [0.4, 0.5) is 11.5 Å². The number of fused-ring (bicyclic) bond motifs is 1. The molecule has 22 heavy (non-hydrogen) atoms.